The first-order valence-electron chi connectivity index (χ1n) is 7.30. The Morgan fingerprint density at radius 1 is 1.14 bits per heavy atom. The van der Waals surface area contributed by atoms with Crippen molar-refractivity contribution in [3.05, 3.63) is 36.1 Å². The monoisotopic (exact) mass is 283 g/mol. The summed E-state index contributed by atoms with van der Waals surface area (Å²) in [5, 5.41) is 0. The minimum absolute atomic E-state index is 0.0325. The highest BCUT2D eigenvalue weighted by Crippen LogP contribution is 2.35. The SMILES string of the molecule is CC(C)c1ncc(-c2ccc(C(C)(C)C)c3ncoc23)[nH]1. The zero-order valence-electron chi connectivity index (χ0n) is 13.2. The van der Waals surface area contributed by atoms with Crippen LogP contribution in [0.2, 0.25) is 0 Å². The second-order valence-electron chi connectivity index (χ2n) is 6.78. The first-order valence-corrected chi connectivity index (χ1v) is 7.30. The van der Waals surface area contributed by atoms with Crippen LogP contribution in [-0.4, -0.2) is 15.0 Å². The summed E-state index contributed by atoms with van der Waals surface area (Å²) in [6.45, 7) is 10.8. The van der Waals surface area contributed by atoms with E-state index in [4.69, 9.17) is 4.42 Å². The fraction of sp³-hybridized carbons (Fsp3) is 0.412. The molecular formula is C17H21N3O. The van der Waals surface area contributed by atoms with Gasteiger partial charge in [0.1, 0.15) is 11.3 Å². The predicted octanol–water partition coefficient (Wildman–Crippen LogP) is 4.64. The smallest absolute Gasteiger partial charge is 0.182 e. The molecule has 21 heavy (non-hydrogen) atoms. The Hall–Kier alpha value is -2.10. The number of hydrogen-bond acceptors (Lipinski definition) is 3. The number of oxazole rings is 1. The van der Waals surface area contributed by atoms with Crippen molar-refractivity contribution in [1.82, 2.24) is 15.0 Å². The minimum atomic E-state index is 0.0325. The molecule has 3 aromatic rings. The Kier molecular flexibility index (Phi) is 3.12. The van der Waals surface area contributed by atoms with Crippen LogP contribution in [0.5, 0.6) is 0 Å². The van der Waals surface area contributed by atoms with Crippen molar-refractivity contribution in [2.45, 2.75) is 46.0 Å². The molecule has 2 aromatic heterocycles. The van der Waals surface area contributed by atoms with Crippen LogP contribution in [-0.2, 0) is 5.41 Å². The number of fused-ring (bicyclic) bond motifs is 1. The summed E-state index contributed by atoms with van der Waals surface area (Å²) in [6.07, 6.45) is 3.38. The van der Waals surface area contributed by atoms with Gasteiger partial charge in [-0.15, -0.1) is 0 Å². The molecule has 3 rings (SSSR count). The van der Waals surface area contributed by atoms with Gasteiger partial charge in [0.15, 0.2) is 12.0 Å². The summed E-state index contributed by atoms with van der Waals surface area (Å²) in [4.78, 5) is 12.2. The van der Waals surface area contributed by atoms with Gasteiger partial charge in [0.2, 0.25) is 0 Å². The summed E-state index contributed by atoms with van der Waals surface area (Å²) >= 11 is 0. The second-order valence-corrected chi connectivity index (χ2v) is 6.78. The number of imidazole rings is 1. The van der Waals surface area contributed by atoms with Gasteiger partial charge in [-0.25, -0.2) is 9.97 Å². The van der Waals surface area contributed by atoms with Gasteiger partial charge in [-0.3, -0.25) is 0 Å². The standard InChI is InChI=1S/C17H21N3O/c1-10(2)16-18-8-13(20-16)11-6-7-12(17(3,4)5)14-15(11)21-9-19-14/h6-10H,1-5H3,(H,18,20). The van der Waals surface area contributed by atoms with Crippen LogP contribution in [0.1, 0.15) is 51.9 Å². The lowest BCUT2D eigenvalue weighted by Crippen LogP contribution is -2.11. The summed E-state index contributed by atoms with van der Waals surface area (Å²) in [6, 6.07) is 4.22. The van der Waals surface area contributed by atoms with Crippen LogP contribution in [0, 0.1) is 0 Å². The molecule has 0 atom stereocenters. The molecule has 0 spiro atoms. The molecule has 0 saturated heterocycles. The van der Waals surface area contributed by atoms with Gasteiger partial charge in [-0.05, 0) is 17.0 Å². The number of hydrogen-bond donors (Lipinski definition) is 1. The molecule has 0 bridgehead atoms. The topological polar surface area (TPSA) is 54.7 Å². The van der Waals surface area contributed by atoms with Crippen molar-refractivity contribution in [2.24, 2.45) is 0 Å². The highest BCUT2D eigenvalue weighted by Gasteiger charge is 2.21. The molecule has 2 heterocycles. The van der Waals surface area contributed by atoms with Crippen LogP contribution < -0.4 is 0 Å². The van der Waals surface area contributed by atoms with Gasteiger partial charge in [0, 0.05) is 11.5 Å². The molecule has 0 fully saturated rings. The Labute approximate surface area is 124 Å². The molecule has 4 heteroatoms. The molecule has 0 aliphatic rings. The van der Waals surface area contributed by atoms with Gasteiger partial charge in [0.25, 0.3) is 0 Å². The molecule has 0 radical (unpaired) electrons. The van der Waals surface area contributed by atoms with E-state index in [0.29, 0.717) is 5.92 Å². The average Bonchev–Trinajstić information content (AvgIpc) is 3.05. The Morgan fingerprint density at radius 2 is 1.90 bits per heavy atom. The molecule has 1 N–H and O–H groups in total. The first kappa shape index (κ1) is 13.9. The van der Waals surface area contributed by atoms with E-state index in [1.54, 1.807) is 0 Å². The van der Waals surface area contributed by atoms with Crippen molar-refractivity contribution in [2.75, 3.05) is 0 Å². The van der Waals surface area contributed by atoms with Crippen LogP contribution in [0.25, 0.3) is 22.4 Å². The predicted molar refractivity (Wildman–Crippen MR) is 84.4 cm³/mol. The molecule has 0 aliphatic carbocycles. The third-order valence-corrected chi connectivity index (χ3v) is 3.72. The van der Waals surface area contributed by atoms with Crippen molar-refractivity contribution < 1.29 is 4.42 Å². The maximum atomic E-state index is 5.65. The van der Waals surface area contributed by atoms with E-state index in [1.165, 1.54) is 12.0 Å². The van der Waals surface area contributed by atoms with Crippen molar-refractivity contribution >= 4 is 11.1 Å². The summed E-state index contributed by atoms with van der Waals surface area (Å²) in [7, 11) is 0. The Balaban J connectivity index is 2.18. The number of aromatic nitrogens is 3. The van der Waals surface area contributed by atoms with E-state index in [1.807, 2.05) is 6.20 Å². The summed E-state index contributed by atoms with van der Waals surface area (Å²) < 4.78 is 5.65. The quantitative estimate of drug-likeness (QED) is 0.745. The number of H-pyrrole nitrogens is 1. The van der Waals surface area contributed by atoms with E-state index in [9.17, 15) is 0 Å². The van der Waals surface area contributed by atoms with Crippen LogP contribution in [0.15, 0.2) is 29.1 Å². The van der Waals surface area contributed by atoms with Crippen LogP contribution in [0.3, 0.4) is 0 Å². The maximum absolute atomic E-state index is 5.65. The zero-order valence-corrected chi connectivity index (χ0v) is 13.2. The van der Waals surface area contributed by atoms with Crippen LogP contribution >= 0.6 is 0 Å². The number of nitrogens with zero attached hydrogens (tertiary/aromatic N) is 2. The molecule has 0 unspecified atom stereocenters. The van der Waals surface area contributed by atoms with Gasteiger partial charge in [-0.1, -0.05) is 40.7 Å². The first-order chi connectivity index (χ1) is 9.88. The van der Waals surface area contributed by atoms with E-state index in [0.717, 1.165) is 28.2 Å². The van der Waals surface area contributed by atoms with Crippen molar-refractivity contribution in [1.29, 1.82) is 0 Å². The molecule has 0 aliphatic heterocycles. The number of nitrogens with one attached hydrogen (secondary N) is 1. The zero-order chi connectivity index (χ0) is 15.2. The molecule has 1 aromatic carbocycles. The van der Waals surface area contributed by atoms with Gasteiger partial charge in [0.05, 0.1) is 11.9 Å². The normalized spacial score (nSPS) is 12.5. The Bertz CT molecular complexity index is 775. The third kappa shape index (κ3) is 2.35. The van der Waals surface area contributed by atoms with Gasteiger partial charge < -0.3 is 9.40 Å². The fourth-order valence-corrected chi connectivity index (χ4v) is 2.53. The largest absolute Gasteiger partial charge is 0.443 e. The molecular weight excluding hydrogens is 262 g/mol. The van der Waals surface area contributed by atoms with Gasteiger partial charge >= 0.3 is 0 Å². The number of aromatic amines is 1. The highest BCUT2D eigenvalue weighted by atomic mass is 16.3. The lowest BCUT2D eigenvalue weighted by Gasteiger charge is -2.19. The molecule has 4 nitrogen and oxygen atoms in total. The van der Waals surface area contributed by atoms with E-state index in [-0.39, 0.29) is 5.41 Å². The third-order valence-electron chi connectivity index (χ3n) is 3.72. The average molecular weight is 283 g/mol. The van der Waals surface area contributed by atoms with Crippen molar-refractivity contribution in [3.63, 3.8) is 0 Å². The lowest BCUT2D eigenvalue weighted by atomic mass is 9.85. The summed E-state index contributed by atoms with van der Waals surface area (Å²) in [5.74, 6) is 1.36. The minimum Gasteiger partial charge on any atom is -0.443 e. The van der Waals surface area contributed by atoms with Gasteiger partial charge in [-0.2, -0.15) is 0 Å². The number of benzene rings is 1. The van der Waals surface area contributed by atoms with E-state index in [2.05, 4.69) is 61.7 Å². The Morgan fingerprint density at radius 3 is 2.52 bits per heavy atom. The maximum Gasteiger partial charge on any atom is 0.182 e. The summed E-state index contributed by atoms with van der Waals surface area (Å²) in [5.41, 5.74) is 4.96. The lowest BCUT2D eigenvalue weighted by molar-refractivity contribution is 0.592. The van der Waals surface area contributed by atoms with Crippen LogP contribution in [0.4, 0.5) is 0 Å². The molecule has 0 amide bonds. The molecule has 0 saturated carbocycles. The van der Waals surface area contributed by atoms with Crippen molar-refractivity contribution in [3.8, 4) is 11.3 Å². The second kappa shape index (κ2) is 4.72. The number of rotatable bonds is 2. The van der Waals surface area contributed by atoms with E-state index < -0.39 is 0 Å². The van der Waals surface area contributed by atoms with E-state index >= 15 is 0 Å². The molecule has 110 valence electrons. The highest BCUT2D eigenvalue weighted by molar-refractivity contribution is 5.91. The fourth-order valence-electron chi connectivity index (χ4n) is 2.53.